The van der Waals surface area contributed by atoms with Crippen molar-refractivity contribution in [3.63, 3.8) is 0 Å². The van der Waals surface area contributed by atoms with Gasteiger partial charge < -0.3 is 56.2 Å². The van der Waals surface area contributed by atoms with E-state index in [0.717, 1.165) is 63.1 Å². The van der Waals surface area contributed by atoms with Crippen LogP contribution in [0.15, 0.2) is 65.8 Å². The molecular formula is C53H67F3N12O6S. The maximum Gasteiger partial charge on any atom is 0.586 e. The molecule has 1 saturated heterocycles. The van der Waals surface area contributed by atoms with Crippen LogP contribution in [0.1, 0.15) is 81.7 Å². The number of anilines is 2. The van der Waals surface area contributed by atoms with Crippen molar-refractivity contribution in [3.05, 3.63) is 88.9 Å². The zero-order valence-electron chi connectivity index (χ0n) is 42.6. The number of likely N-dealkylation sites (tertiary alicyclic amines) is 1. The molecule has 0 unspecified atom stereocenters. The third kappa shape index (κ3) is 12.5. The summed E-state index contributed by atoms with van der Waals surface area (Å²) in [7, 11) is 0. The first-order valence-electron chi connectivity index (χ1n) is 25.9. The van der Waals surface area contributed by atoms with Crippen molar-refractivity contribution in [1.29, 1.82) is 0 Å². The Labute approximate surface area is 437 Å². The van der Waals surface area contributed by atoms with Gasteiger partial charge in [-0.2, -0.15) is 0 Å². The highest BCUT2D eigenvalue weighted by Gasteiger charge is 2.53. The monoisotopic (exact) mass is 1060 g/mol. The van der Waals surface area contributed by atoms with Gasteiger partial charge in [-0.3, -0.25) is 9.59 Å². The van der Waals surface area contributed by atoms with Gasteiger partial charge in [0.15, 0.2) is 33.6 Å². The topological polar surface area (TPSA) is 232 Å². The van der Waals surface area contributed by atoms with Crippen molar-refractivity contribution < 1.29 is 42.4 Å². The Bertz CT molecular complexity index is 2980. The first-order valence-corrected chi connectivity index (χ1v) is 26.9. The summed E-state index contributed by atoms with van der Waals surface area (Å²) in [5, 5.41) is 44.2. The first kappa shape index (κ1) is 53.8. The number of aryl methyl sites for hydroxylation is 1. The van der Waals surface area contributed by atoms with Crippen molar-refractivity contribution >= 4 is 57.1 Å². The molecule has 5 heterocycles. The molecule has 0 radical (unpaired) electrons. The molecular weight excluding hydrogens is 990 g/mol. The van der Waals surface area contributed by atoms with Crippen LogP contribution in [0.2, 0.25) is 0 Å². The Hall–Kier alpha value is -6.04. The molecule has 18 nitrogen and oxygen atoms in total. The molecule has 22 heteroatoms. The van der Waals surface area contributed by atoms with Gasteiger partial charge in [0.2, 0.25) is 11.8 Å². The molecule has 402 valence electrons. The number of ether oxygens (including phenoxy) is 2. The van der Waals surface area contributed by atoms with E-state index in [9.17, 15) is 28.6 Å². The fraction of sp³-hybridized carbons (Fsp3) is 0.509. The number of aliphatic hydroxyl groups excluding tert-OH is 2. The van der Waals surface area contributed by atoms with Crippen LogP contribution in [0.3, 0.4) is 0 Å². The van der Waals surface area contributed by atoms with Crippen LogP contribution in [-0.2, 0) is 39.9 Å². The molecule has 9 rings (SSSR count). The second-order valence-electron chi connectivity index (χ2n) is 20.5. The van der Waals surface area contributed by atoms with E-state index in [-0.39, 0.29) is 48.7 Å². The molecule has 0 spiro atoms. The molecule has 3 aromatic carbocycles. The number of alkyl halides is 2. The Kier molecular flexibility index (Phi) is 16.5. The zero-order chi connectivity index (χ0) is 52.9. The number of halogens is 3. The fourth-order valence-corrected chi connectivity index (χ4v) is 10.5. The van der Waals surface area contributed by atoms with Crippen molar-refractivity contribution in [2.24, 2.45) is 11.7 Å². The predicted molar refractivity (Wildman–Crippen MR) is 281 cm³/mol. The number of nitrogens with two attached hydrogens (primary N) is 1. The third-order valence-electron chi connectivity index (χ3n) is 14.3. The van der Waals surface area contributed by atoms with Gasteiger partial charge in [0.25, 0.3) is 0 Å². The Morgan fingerprint density at radius 2 is 1.75 bits per heavy atom. The summed E-state index contributed by atoms with van der Waals surface area (Å²) in [5.74, 6) is 0.147. The van der Waals surface area contributed by atoms with E-state index >= 15 is 4.39 Å². The molecule has 1 atom stereocenters. The van der Waals surface area contributed by atoms with E-state index in [2.05, 4.69) is 82.1 Å². The summed E-state index contributed by atoms with van der Waals surface area (Å²) < 4.78 is 56.0. The number of fused-ring (bicyclic) bond motifs is 3. The van der Waals surface area contributed by atoms with Gasteiger partial charge in [0.05, 0.1) is 42.4 Å². The molecule has 1 saturated carbocycles. The minimum atomic E-state index is -3.79. The smallest absolute Gasteiger partial charge is 0.395 e. The largest absolute Gasteiger partial charge is 0.586 e. The van der Waals surface area contributed by atoms with E-state index in [1.54, 1.807) is 16.4 Å². The lowest BCUT2D eigenvalue weighted by Gasteiger charge is -2.31. The molecule has 2 fully saturated rings. The lowest BCUT2D eigenvalue weighted by atomic mass is 9.90. The van der Waals surface area contributed by atoms with Crippen LogP contribution >= 0.6 is 11.8 Å². The number of carbonyl (C=O) groups is 2. The van der Waals surface area contributed by atoms with Crippen LogP contribution in [0, 0.1) is 11.7 Å². The number of thioether (sulfide) groups is 1. The highest BCUT2D eigenvalue weighted by Crippen LogP contribution is 2.52. The van der Waals surface area contributed by atoms with Gasteiger partial charge in [0, 0.05) is 73.5 Å². The van der Waals surface area contributed by atoms with E-state index in [1.807, 2.05) is 24.5 Å². The lowest BCUT2D eigenvalue weighted by molar-refractivity contribution is -0.286. The second-order valence-corrected chi connectivity index (χ2v) is 21.5. The van der Waals surface area contributed by atoms with Gasteiger partial charge in [-0.15, -0.1) is 13.9 Å². The molecule has 2 amide bonds. The van der Waals surface area contributed by atoms with Gasteiger partial charge in [-0.05, 0) is 99.0 Å². The van der Waals surface area contributed by atoms with Gasteiger partial charge in [-0.25, -0.2) is 19.0 Å². The van der Waals surface area contributed by atoms with Gasteiger partial charge in [-0.1, -0.05) is 68.1 Å². The summed E-state index contributed by atoms with van der Waals surface area (Å²) in [5.41, 5.74) is 9.08. The second kappa shape index (κ2) is 23.1. The van der Waals surface area contributed by atoms with Crippen LogP contribution < -0.4 is 36.5 Å². The average Bonchev–Trinajstić information content (AvgIpc) is 3.89. The number of nitrogens with zero attached hydrogens (tertiary/aromatic N) is 7. The summed E-state index contributed by atoms with van der Waals surface area (Å²) in [6.07, 6.45) is 0.431. The summed E-state index contributed by atoms with van der Waals surface area (Å²) in [6, 6.07) is 17.3. The number of benzene rings is 3. The number of hydrogen-bond acceptors (Lipinski definition) is 15. The van der Waals surface area contributed by atoms with Crippen LogP contribution in [-0.4, -0.2) is 134 Å². The summed E-state index contributed by atoms with van der Waals surface area (Å²) in [6.45, 7) is 11.1. The van der Waals surface area contributed by atoms with E-state index in [0.29, 0.717) is 89.9 Å². The van der Waals surface area contributed by atoms with Gasteiger partial charge >= 0.3 is 6.29 Å². The van der Waals surface area contributed by atoms with Crippen molar-refractivity contribution in [2.75, 3.05) is 75.4 Å². The Morgan fingerprint density at radius 3 is 2.48 bits per heavy atom. The minimum Gasteiger partial charge on any atom is -0.395 e. The van der Waals surface area contributed by atoms with E-state index in [4.69, 9.17) is 10.7 Å². The fourth-order valence-electron chi connectivity index (χ4n) is 9.83. The van der Waals surface area contributed by atoms with Crippen molar-refractivity contribution in [3.8, 4) is 11.5 Å². The number of piperidine rings is 1. The molecule has 3 aliphatic rings. The van der Waals surface area contributed by atoms with Crippen LogP contribution in [0.4, 0.5) is 24.7 Å². The van der Waals surface area contributed by atoms with Gasteiger partial charge in [0.1, 0.15) is 5.82 Å². The Morgan fingerprint density at radius 1 is 0.987 bits per heavy atom. The average molecular weight is 1060 g/mol. The summed E-state index contributed by atoms with van der Waals surface area (Å²) >= 11 is 1.60. The number of nitrogens with one attached hydrogen (secondary N) is 4. The minimum absolute atomic E-state index is 0.0372. The lowest BCUT2D eigenvalue weighted by Crippen LogP contribution is -2.43. The molecule has 2 aliphatic heterocycles. The highest BCUT2D eigenvalue weighted by molar-refractivity contribution is 7.99. The number of aromatic nitrogens is 6. The highest BCUT2D eigenvalue weighted by atomic mass is 32.2. The Balaban J connectivity index is 0.697. The number of aliphatic hydroxyl groups is 2. The number of rotatable bonds is 25. The predicted octanol–water partition coefficient (Wildman–Crippen LogP) is 5.91. The third-order valence-corrected chi connectivity index (χ3v) is 15.4. The number of hydrogen-bond donors (Lipinski definition) is 7. The zero-order valence-corrected chi connectivity index (χ0v) is 43.5. The molecule has 6 aromatic rings. The van der Waals surface area contributed by atoms with Crippen molar-refractivity contribution in [2.45, 2.75) is 107 Å². The normalized spacial score (nSPS) is 16.7. The number of amides is 2. The molecule has 8 N–H and O–H groups in total. The van der Waals surface area contributed by atoms with Crippen molar-refractivity contribution in [1.82, 2.24) is 45.1 Å². The maximum atomic E-state index is 15.9. The standard InChI is InChI=1S/C53H67F3N12O6S/c1-4-24-75-50-62-46(59-19-17-57)45-47(63-50)68(65-64-45)30-34-9-7-33(8-10-34)6-5-18-60-48(71)35-13-21-66(22-14-35)23-20-58-29-38(70)31-67-41-28-39(54)40(25-36(41)26-44(67)51(2,3)32-69)61-49(72)52(15-16-52)37-11-12-42-43(27-37)74-53(55,56)73-42/h7-12,25-28,35,38,58,69-70H,4-6,13-24,29-32,57H2,1-3H3,(H,60,71)(H,61,72)(H,59,62,63)/t38-/m0/s1. The molecule has 3 aromatic heterocycles. The van der Waals surface area contributed by atoms with Crippen LogP contribution in [0.25, 0.3) is 22.1 Å². The first-order chi connectivity index (χ1) is 36.1. The quantitative estimate of drug-likeness (QED) is 0.0201. The molecule has 0 bridgehead atoms. The van der Waals surface area contributed by atoms with E-state index in [1.165, 1.54) is 35.9 Å². The van der Waals surface area contributed by atoms with Crippen LogP contribution in [0.5, 0.6) is 11.5 Å². The summed E-state index contributed by atoms with van der Waals surface area (Å²) in [4.78, 5) is 38.5. The SMILES string of the molecule is CCCSc1nc(NCCN)c2nnn(Cc3ccc(CCCNC(=O)C4CCN(CCNC[C@H](O)Cn5c(C(C)(C)CO)cc6cc(NC(=O)C7(c8ccc9c(c8)OC(F)(F)O9)CC7)c(F)cc65)CC4)cc3)c2n1. The molecule has 1 aliphatic carbocycles. The molecule has 75 heavy (non-hydrogen) atoms. The van der Waals surface area contributed by atoms with E-state index < -0.39 is 35.0 Å². The maximum absolute atomic E-state index is 15.9. The number of carbonyl (C=O) groups excluding carboxylic acids is 2.